The summed E-state index contributed by atoms with van der Waals surface area (Å²) in [5.41, 5.74) is -1.98. The van der Waals surface area contributed by atoms with Gasteiger partial charge >= 0.3 is 0 Å². The van der Waals surface area contributed by atoms with Crippen LogP contribution in [0.15, 0.2) is 0 Å². The van der Waals surface area contributed by atoms with Crippen molar-refractivity contribution in [3.8, 4) is 0 Å². The van der Waals surface area contributed by atoms with Gasteiger partial charge in [-0.25, -0.2) is 0 Å². The molecule has 0 aliphatic heterocycles. The highest BCUT2D eigenvalue weighted by molar-refractivity contribution is 4.89. The van der Waals surface area contributed by atoms with Crippen LogP contribution in [-0.4, -0.2) is 21.4 Å². The number of aliphatic hydroxyl groups is 2. The molecule has 2 nitrogen and oxygen atoms in total. The Morgan fingerprint density at radius 1 is 0.480 bits per heavy atom. The van der Waals surface area contributed by atoms with Crippen molar-refractivity contribution in [1.29, 1.82) is 0 Å². The first kappa shape index (κ1) is 24.9. The molecule has 0 radical (unpaired) electrons. The lowest BCUT2D eigenvalue weighted by Crippen LogP contribution is -2.47. The topological polar surface area (TPSA) is 40.5 Å². The monoisotopic (exact) mass is 356 g/mol. The van der Waals surface area contributed by atoms with E-state index in [-0.39, 0.29) is 0 Å². The van der Waals surface area contributed by atoms with Gasteiger partial charge in [-0.05, 0) is 27.2 Å². The van der Waals surface area contributed by atoms with Crippen LogP contribution in [0.1, 0.15) is 137 Å². The first-order chi connectivity index (χ1) is 11.8. The largest absolute Gasteiger partial charge is 0.387 e. The molecule has 0 saturated heterocycles. The summed E-state index contributed by atoms with van der Waals surface area (Å²) in [4.78, 5) is 0. The molecule has 0 heterocycles. The highest BCUT2D eigenvalue weighted by Crippen LogP contribution is 2.27. The maximum Gasteiger partial charge on any atom is 0.0900 e. The molecule has 0 aromatic rings. The van der Waals surface area contributed by atoms with E-state index in [2.05, 4.69) is 6.92 Å². The van der Waals surface area contributed by atoms with Crippen LogP contribution in [-0.2, 0) is 0 Å². The zero-order chi connectivity index (χ0) is 19.0. The van der Waals surface area contributed by atoms with Crippen molar-refractivity contribution in [2.45, 2.75) is 148 Å². The molecular weight excluding hydrogens is 308 g/mol. The molecular formula is C23H48O2. The lowest BCUT2D eigenvalue weighted by molar-refractivity contribution is -0.124. The molecule has 0 amide bonds. The van der Waals surface area contributed by atoms with Gasteiger partial charge in [0.15, 0.2) is 0 Å². The number of rotatable bonds is 18. The quantitative estimate of drug-likeness (QED) is 0.256. The van der Waals surface area contributed by atoms with Crippen LogP contribution in [0.4, 0.5) is 0 Å². The van der Waals surface area contributed by atoms with Gasteiger partial charge < -0.3 is 10.2 Å². The minimum Gasteiger partial charge on any atom is -0.387 e. The van der Waals surface area contributed by atoms with Gasteiger partial charge in [0.1, 0.15) is 0 Å². The molecule has 2 heteroatoms. The summed E-state index contributed by atoms with van der Waals surface area (Å²) in [6.45, 7) is 7.42. The Hall–Kier alpha value is -0.0800. The second kappa shape index (κ2) is 15.0. The molecule has 0 bridgehead atoms. The summed E-state index contributed by atoms with van der Waals surface area (Å²) in [7, 11) is 0. The third kappa shape index (κ3) is 14.7. The van der Waals surface area contributed by atoms with Crippen LogP contribution >= 0.6 is 0 Å². The Balaban J connectivity index is 3.22. The molecule has 0 spiro atoms. The highest BCUT2D eigenvalue weighted by Gasteiger charge is 2.36. The predicted molar refractivity (Wildman–Crippen MR) is 111 cm³/mol. The van der Waals surface area contributed by atoms with E-state index in [1.807, 2.05) is 0 Å². The summed E-state index contributed by atoms with van der Waals surface area (Å²) in [5, 5.41) is 20.1. The molecule has 0 aromatic heterocycles. The molecule has 2 N–H and O–H groups in total. The fraction of sp³-hybridized carbons (Fsp3) is 1.00. The SMILES string of the molecule is CCCCCCCCCCCCCCCCCCC(C)(O)C(C)(C)O. The average Bonchev–Trinajstić information content (AvgIpc) is 2.53. The Bertz CT molecular complexity index is 278. The van der Waals surface area contributed by atoms with E-state index in [0.717, 1.165) is 6.42 Å². The number of hydrogen-bond donors (Lipinski definition) is 2. The van der Waals surface area contributed by atoms with Crippen molar-refractivity contribution in [2.24, 2.45) is 0 Å². The third-order valence-electron chi connectivity index (χ3n) is 5.84. The van der Waals surface area contributed by atoms with E-state index in [0.29, 0.717) is 6.42 Å². The Kier molecular flexibility index (Phi) is 15.0. The predicted octanol–water partition coefficient (Wildman–Crippen LogP) is 7.16. The molecule has 0 aliphatic rings. The Morgan fingerprint density at radius 3 is 1.04 bits per heavy atom. The maximum atomic E-state index is 10.2. The lowest BCUT2D eigenvalue weighted by Gasteiger charge is -2.35. The van der Waals surface area contributed by atoms with Crippen LogP contribution < -0.4 is 0 Å². The molecule has 152 valence electrons. The first-order valence-corrected chi connectivity index (χ1v) is 11.3. The lowest BCUT2D eigenvalue weighted by atomic mass is 9.83. The summed E-state index contributed by atoms with van der Waals surface area (Å²) in [6, 6.07) is 0. The van der Waals surface area contributed by atoms with Crippen LogP contribution in [0.2, 0.25) is 0 Å². The zero-order valence-electron chi connectivity index (χ0n) is 17.9. The molecule has 0 rings (SSSR count). The van der Waals surface area contributed by atoms with E-state index >= 15 is 0 Å². The van der Waals surface area contributed by atoms with Crippen molar-refractivity contribution >= 4 is 0 Å². The van der Waals surface area contributed by atoms with Gasteiger partial charge in [0.05, 0.1) is 11.2 Å². The summed E-state index contributed by atoms with van der Waals surface area (Å²) >= 11 is 0. The molecule has 0 saturated carbocycles. The van der Waals surface area contributed by atoms with Crippen molar-refractivity contribution in [1.82, 2.24) is 0 Å². The van der Waals surface area contributed by atoms with E-state index in [1.54, 1.807) is 20.8 Å². The summed E-state index contributed by atoms with van der Waals surface area (Å²) in [6.07, 6.45) is 22.4. The van der Waals surface area contributed by atoms with E-state index in [4.69, 9.17) is 0 Å². The fourth-order valence-electron chi connectivity index (χ4n) is 3.32. The molecule has 0 aliphatic carbocycles. The van der Waals surface area contributed by atoms with Crippen molar-refractivity contribution in [3.63, 3.8) is 0 Å². The molecule has 0 aromatic carbocycles. The average molecular weight is 357 g/mol. The smallest absolute Gasteiger partial charge is 0.0900 e. The molecule has 0 fully saturated rings. The van der Waals surface area contributed by atoms with E-state index < -0.39 is 11.2 Å². The van der Waals surface area contributed by atoms with Gasteiger partial charge in [0, 0.05) is 0 Å². The van der Waals surface area contributed by atoms with Gasteiger partial charge in [0.2, 0.25) is 0 Å². The second-order valence-corrected chi connectivity index (χ2v) is 8.89. The third-order valence-corrected chi connectivity index (χ3v) is 5.84. The van der Waals surface area contributed by atoms with Gasteiger partial charge in [-0.3, -0.25) is 0 Å². The minimum atomic E-state index is -1.01. The maximum absolute atomic E-state index is 10.2. The van der Waals surface area contributed by atoms with E-state index in [1.165, 1.54) is 96.3 Å². The van der Waals surface area contributed by atoms with Gasteiger partial charge in [-0.15, -0.1) is 0 Å². The number of unbranched alkanes of at least 4 members (excludes halogenated alkanes) is 15. The standard InChI is InChI=1S/C23H48O2/c1-5-6-7-8-9-10-11-12-13-14-15-16-17-18-19-20-21-23(4,25)22(2,3)24/h24-25H,5-21H2,1-4H3. The van der Waals surface area contributed by atoms with Crippen LogP contribution in [0, 0.1) is 0 Å². The van der Waals surface area contributed by atoms with Gasteiger partial charge in [-0.1, -0.05) is 110 Å². The summed E-state index contributed by atoms with van der Waals surface area (Å²) in [5.74, 6) is 0. The zero-order valence-corrected chi connectivity index (χ0v) is 17.9. The summed E-state index contributed by atoms with van der Waals surface area (Å²) < 4.78 is 0. The highest BCUT2D eigenvalue weighted by atomic mass is 16.3. The number of hydrogen-bond acceptors (Lipinski definition) is 2. The van der Waals surface area contributed by atoms with Crippen LogP contribution in [0.25, 0.3) is 0 Å². The minimum absolute atomic E-state index is 0.689. The van der Waals surface area contributed by atoms with E-state index in [9.17, 15) is 10.2 Å². The molecule has 1 unspecified atom stereocenters. The Morgan fingerprint density at radius 2 is 0.760 bits per heavy atom. The first-order valence-electron chi connectivity index (χ1n) is 11.3. The molecule has 1 atom stereocenters. The van der Waals surface area contributed by atoms with Crippen molar-refractivity contribution in [2.75, 3.05) is 0 Å². The normalized spacial score (nSPS) is 14.6. The fourth-order valence-corrected chi connectivity index (χ4v) is 3.32. The van der Waals surface area contributed by atoms with Crippen LogP contribution in [0.3, 0.4) is 0 Å². The Labute approximate surface area is 158 Å². The van der Waals surface area contributed by atoms with Crippen LogP contribution in [0.5, 0.6) is 0 Å². The van der Waals surface area contributed by atoms with Gasteiger partial charge in [-0.2, -0.15) is 0 Å². The van der Waals surface area contributed by atoms with Gasteiger partial charge in [0.25, 0.3) is 0 Å². The molecule has 25 heavy (non-hydrogen) atoms. The second-order valence-electron chi connectivity index (χ2n) is 8.89. The van der Waals surface area contributed by atoms with Crippen molar-refractivity contribution in [3.05, 3.63) is 0 Å². The van der Waals surface area contributed by atoms with Crippen molar-refractivity contribution < 1.29 is 10.2 Å².